The van der Waals surface area contributed by atoms with Crippen molar-refractivity contribution in [3.05, 3.63) is 66.0 Å². The summed E-state index contributed by atoms with van der Waals surface area (Å²) in [6.07, 6.45) is 5.55. The van der Waals surface area contributed by atoms with E-state index in [1.165, 1.54) is 24.3 Å². The SMILES string of the molecule is CS(=O)(=O)Nc1ccc2c(c1)S(=O)(=O)N=C(C1C(=O)[C@H]3CC=CC[C@H]3N(Cc3ccc(F)cc3)C1=O)N2. The summed E-state index contributed by atoms with van der Waals surface area (Å²) in [5, 5.41) is 2.82. The molecule has 2 N–H and O–H groups in total. The molecule has 194 valence electrons. The van der Waals surface area contributed by atoms with Crippen LogP contribution >= 0.6 is 0 Å². The fraction of sp³-hybridized carbons (Fsp3) is 0.292. The first-order chi connectivity index (χ1) is 17.4. The smallest absolute Gasteiger partial charge is 0.286 e. The van der Waals surface area contributed by atoms with Crippen LogP contribution < -0.4 is 10.0 Å². The van der Waals surface area contributed by atoms with Gasteiger partial charge in [0.1, 0.15) is 16.5 Å². The highest BCUT2D eigenvalue weighted by Crippen LogP contribution is 2.38. The number of amidine groups is 1. The zero-order chi connectivity index (χ0) is 26.5. The first kappa shape index (κ1) is 25.1. The molecule has 5 rings (SSSR count). The van der Waals surface area contributed by atoms with Gasteiger partial charge in [-0.05, 0) is 48.7 Å². The lowest BCUT2D eigenvalue weighted by molar-refractivity contribution is -0.151. The monoisotopic (exact) mass is 546 g/mol. The summed E-state index contributed by atoms with van der Waals surface area (Å²) in [6, 6.07) is 9.09. The van der Waals surface area contributed by atoms with Crippen LogP contribution in [0.1, 0.15) is 18.4 Å². The average Bonchev–Trinajstić information content (AvgIpc) is 2.82. The molecule has 0 radical (unpaired) electrons. The second-order valence-electron chi connectivity index (χ2n) is 9.21. The molecule has 1 fully saturated rings. The summed E-state index contributed by atoms with van der Waals surface area (Å²) in [7, 11) is -8.02. The summed E-state index contributed by atoms with van der Waals surface area (Å²) in [5.41, 5.74) is 0.761. The van der Waals surface area contributed by atoms with Crippen molar-refractivity contribution in [2.24, 2.45) is 16.2 Å². The van der Waals surface area contributed by atoms with Gasteiger partial charge in [-0.3, -0.25) is 14.3 Å². The molecule has 1 saturated heterocycles. The Hall–Kier alpha value is -3.58. The molecular weight excluding hydrogens is 523 g/mol. The number of piperidine rings is 1. The number of sulfonamides is 2. The zero-order valence-corrected chi connectivity index (χ0v) is 21.2. The van der Waals surface area contributed by atoms with Crippen molar-refractivity contribution >= 4 is 48.9 Å². The third-order valence-corrected chi connectivity index (χ3v) is 8.50. The molecule has 2 heterocycles. The second-order valence-corrected chi connectivity index (χ2v) is 12.5. The topological polar surface area (TPSA) is 142 Å². The zero-order valence-electron chi connectivity index (χ0n) is 19.6. The number of carbonyl (C=O) groups is 2. The lowest BCUT2D eigenvalue weighted by Gasteiger charge is -2.44. The molecule has 0 spiro atoms. The molecule has 2 aromatic carbocycles. The fourth-order valence-electron chi connectivity index (χ4n) is 4.93. The first-order valence-electron chi connectivity index (χ1n) is 11.4. The van der Waals surface area contributed by atoms with Gasteiger partial charge >= 0.3 is 0 Å². The highest BCUT2D eigenvalue weighted by molar-refractivity contribution is 7.92. The van der Waals surface area contributed by atoms with Crippen LogP contribution in [0.4, 0.5) is 15.8 Å². The maximum Gasteiger partial charge on any atom is 0.286 e. The molecule has 0 saturated carbocycles. The predicted octanol–water partition coefficient (Wildman–Crippen LogP) is 2.27. The lowest BCUT2D eigenvalue weighted by Crippen LogP contribution is -2.60. The number of nitrogens with one attached hydrogen (secondary N) is 2. The maximum absolute atomic E-state index is 13.7. The van der Waals surface area contributed by atoms with Gasteiger partial charge in [-0.2, -0.15) is 8.42 Å². The molecule has 0 aromatic heterocycles. The van der Waals surface area contributed by atoms with Crippen molar-refractivity contribution in [1.29, 1.82) is 0 Å². The Morgan fingerprint density at radius 1 is 1.11 bits per heavy atom. The normalized spacial score (nSPS) is 24.5. The maximum atomic E-state index is 13.7. The Balaban J connectivity index is 1.51. The fourth-order valence-corrected chi connectivity index (χ4v) is 6.67. The van der Waals surface area contributed by atoms with Gasteiger partial charge in [0.25, 0.3) is 10.0 Å². The van der Waals surface area contributed by atoms with E-state index in [9.17, 15) is 30.8 Å². The van der Waals surface area contributed by atoms with E-state index in [-0.39, 0.29) is 28.7 Å². The summed E-state index contributed by atoms with van der Waals surface area (Å²) < 4.78 is 68.6. The molecule has 13 heteroatoms. The molecule has 3 aliphatic rings. The Bertz CT molecular complexity index is 1570. The van der Waals surface area contributed by atoms with E-state index >= 15 is 0 Å². The van der Waals surface area contributed by atoms with Crippen LogP contribution in [0.15, 0.2) is 63.9 Å². The molecule has 10 nitrogen and oxygen atoms in total. The number of anilines is 2. The third-order valence-electron chi connectivity index (χ3n) is 6.56. The number of amides is 1. The van der Waals surface area contributed by atoms with Gasteiger partial charge in [0.2, 0.25) is 15.9 Å². The Morgan fingerprint density at radius 2 is 1.81 bits per heavy atom. The van der Waals surface area contributed by atoms with Crippen molar-refractivity contribution in [2.45, 2.75) is 30.3 Å². The number of halogens is 1. The Labute approximate surface area is 213 Å². The molecule has 1 amide bonds. The van der Waals surface area contributed by atoms with Gasteiger partial charge in [-0.15, -0.1) is 4.40 Å². The van der Waals surface area contributed by atoms with E-state index in [0.29, 0.717) is 18.4 Å². The lowest BCUT2D eigenvalue weighted by atomic mass is 9.75. The van der Waals surface area contributed by atoms with Gasteiger partial charge in [0.15, 0.2) is 11.7 Å². The number of hydrogen-bond acceptors (Lipinski definition) is 7. The minimum atomic E-state index is -4.36. The van der Waals surface area contributed by atoms with Crippen LogP contribution in [0, 0.1) is 17.7 Å². The number of hydrogen-bond donors (Lipinski definition) is 2. The van der Waals surface area contributed by atoms with Crippen LogP contribution in [0.2, 0.25) is 0 Å². The van der Waals surface area contributed by atoms with E-state index in [2.05, 4.69) is 14.4 Å². The van der Waals surface area contributed by atoms with Gasteiger partial charge in [-0.1, -0.05) is 24.3 Å². The number of benzene rings is 2. The largest absolute Gasteiger partial charge is 0.341 e. The van der Waals surface area contributed by atoms with Gasteiger partial charge in [0.05, 0.1) is 11.9 Å². The number of carbonyl (C=O) groups excluding carboxylic acids is 2. The summed E-state index contributed by atoms with van der Waals surface area (Å²) in [4.78, 5) is 28.5. The van der Waals surface area contributed by atoms with Gasteiger partial charge in [-0.25, -0.2) is 12.8 Å². The number of fused-ring (bicyclic) bond motifs is 2. The molecule has 1 aliphatic carbocycles. The van der Waals surface area contributed by atoms with Crippen LogP contribution in [0.3, 0.4) is 0 Å². The standard InChI is InChI=1S/C24H23FN4O6S2/c1-36(32,33)27-16-10-11-18-20(12-16)37(34,35)28-23(26-18)21-22(30)17-4-2-3-5-19(17)29(24(21)31)13-14-6-8-15(25)9-7-14/h2-3,6-12,17,19,21,27H,4-5,13H2,1H3,(H,26,28)/t17-,19+,21?/m0/s1. The number of nitrogens with zero attached hydrogens (tertiary/aromatic N) is 2. The van der Waals surface area contributed by atoms with Crippen LogP contribution in [0.5, 0.6) is 0 Å². The van der Waals surface area contributed by atoms with E-state index in [0.717, 1.165) is 12.3 Å². The summed E-state index contributed by atoms with van der Waals surface area (Å²) in [6.45, 7) is 0.120. The Kier molecular flexibility index (Phi) is 6.15. The number of allylic oxidation sites excluding steroid dienone is 1. The van der Waals surface area contributed by atoms with Crippen molar-refractivity contribution in [2.75, 3.05) is 16.3 Å². The van der Waals surface area contributed by atoms with Crippen molar-refractivity contribution in [1.82, 2.24) is 4.90 Å². The van der Waals surface area contributed by atoms with Crippen molar-refractivity contribution in [3.63, 3.8) is 0 Å². The van der Waals surface area contributed by atoms with Crippen molar-refractivity contribution in [3.8, 4) is 0 Å². The van der Waals surface area contributed by atoms with Crippen molar-refractivity contribution < 1.29 is 30.8 Å². The predicted molar refractivity (Wildman–Crippen MR) is 134 cm³/mol. The average molecular weight is 547 g/mol. The summed E-state index contributed by atoms with van der Waals surface area (Å²) in [5.74, 6) is -3.75. The number of ketones is 1. The highest BCUT2D eigenvalue weighted by atomic mass is 32.2. The highest BCUT2D eigenvalue weighted by Gasteiger charge is 2.50. The van der Waals surface area contributed by atoms with E-state index in [1.54, 1.807) is 17.0 Å². The van der Waals surface area contributed by atoms with E-state index < -0.39 is 55.4 Å². The summed E-state index contributed by atoms with van der Waals surface area (Å²) >= 11 is 0. The molecule has 1 unspecified atom stereocenters. The molecule has 37 heavy (non-hydrogen) atoms. The third kappa shape index (κ3) is 4.88. The van der Waals surface area contributed by atoms with E-state index in [1.807, 2.05) is 12.2 Å². The minimum absolute atomic E-state index is 0.0254. The van der Waals surface area contributed by atoms with Gasteiger partial charge in [0, 0.05) is 24.2 Å². The van der Waals surface area contributed by atoms with Crippen LogP contribution in [0.25, 0.3) is 0 Å². The molecule has 2 aliphatic heterocycles. The molecule has 3 atom stereocenters. The van der Waals surface area contributed by atoms with Crippen LogP contribution in [-0.2, 0) is 36.2 Å². The quantitative estimate of drug-likeness (QED) is 0.433. The van der Waals surface area contributed by atoms with Crippen LogP contribution in [-0.4, -0.2) is 51.6 Å². The second kappa shape index (κ2) is 9.06. The minimum Gasteiger partial charge on any atom is -0.341 e. The first-order valence-corrected chi connectivity index (χ1v) is 14.7. The van der Waals surface area contributed by atoms with E-state index in [4.69, 9.17) is 0 Å². The molecule has 0 bridgehead atoms. The molecular formula is C24H23FN4O6S2. The van der Waals surface area contributed by atoms with Gasteiger partial charge < -0.3 is 10.2 Å². The molecule has 2 aromatic rings. The number of rotatable bonds is 5. The Morgan fingerprint density at radius 3 is 2.51 bits per heavy atom. The number of likely N-dealkylation sites (tertiary alicyclic amines) is 1. The number of Topliss-reactive ketones (excluding diaryl/α,β-unsaturated/α-hetero) is 1.